The summed E-state index contributed by atoms with van der Waals surface area (Å²) in [6.07, 6.45) is -4.74. The van der Waals surface area contributed by atoms with E-state index in [1.54, 1.807) is 20.3 Å². The van der Waals surface area contributed by atoms with Gasteiger partial charge in [0.2, 0.25) is 0 Å². The zero-order valence-electron chi connectivity index (χ0n) is 17.0. The standard InChI is InChI=1S/C21H24ClF3N2O3/c1-14-12-26(13-15-4-7-19(28-2)20(10-15)29-3)8-9-27(14)18-6-5-16(11-17(18)22)30-21(23,24)25/h4-7,10-11,14H,8-9,12-13H2,1-3H3/t14-/m0/s1. The maximum absolute atomic E-state index is 12.4. The highest BCUT2D eigenvalue weighted by Gasteiger charge is 2.32. The van der Waals surface area contributed by atoms with E-state index in [1.165, 1.54) is 12.1 Å². The number of methoxy groups -OCH3 is 2. The molecular weight excluding hydrogens is 421 g/mol. The summed E-state index contributed by atoms with van der Waals surface area (Å²) in [7, 11) is 3.21. The Labute approximate surface area is 178 Å². The molecule has 1 aliphatic rings. The van der Waals surface area contributed by atoms with Gasteiger partial charge in [-0.25, -0.2) is 0 Å². The van der Waals surface area contributed by atoms with Crippen LogP contribution < -0.4 is 19.1 Å². The van der Waals surface area contributed by atoms with Crippen molar-refractivity contribution in [3.8, 4) is 17.2 Å². The Balaban J connectivity index is 1.65. The molecule has 0 amide bonds. The molecule has 1 fully saturated rings. The van der Waals surface area contributed by atoms with Crippen molar-refractivity contribution in [1.82, 2.24) is 4.90 Å². The molecule has 0 radical (unpaired) electrons. The maximum atomic E-state index is 12.4. The number of anilines is 1. The zero-order valence-corrected chi connectivity index (χ0v) is 17.8. The van der Waals surface area contributed by atoms with Gasteiger partial charge in [-0.3, -0.25) is 4.90 Å². The number of ether oxygens (including phenoxy) is 3. The molecule has 2 aromatic carbocycles. The van der Waals surface area contributed by atoms with Crippen LogP contribution in [0.2, 0.25) is 5.02 Å². The molecular formula is C21H24ClF3N2O3. The Hall–Kier alpha value is -2.32. The molecule has 1 heterocycles. The minimum absolute atomic E-state index is 0.130. The first kappa shape index (κ1) is 22.4. The van der Waals surface area contributed by atoms with E-state index in [-0.39, 0.29) is 16.8 Å². The molecule has 30 heavy (non-hydrogen) atoms. The van der Waals surface area contributed by atoms with Gasteiger partial charge in [0, 0.05) is 38.3 Å². The highest BCUT2D eigenvalue weighted by molar-refractivity contribution is 6.33. The second kappa shape index (κ2) is 9.22. The first-order valence-electron chi connectivity index (χ1n) is 9.45. The number of alkyl halides is 3. The van der Waals surface area contributed by atoms with Crippen molar-refractivity contribution in [2.24, 2.45) is 0 Å². The largest absolute Gasteiger partial charge is 0.573 e. The van der Waals surface area contributed by atoms with Crippen molar-refractivity contribution >= 4 is 17.3 Å². The molecule has 0 aromatic heterocycles. The SMILES string of the molecule is COc1ccc(CN2CCN(c3ccc(OC(F)(F)F)cc3Cl)[C@@H](C)C2)cc1OC. The molecule has 1 saturated heterocycles. The molecule has 0 unspecified atom stereocenters. The summed E-state index contributed by atoms with van der Waals surface area (Å²) in [6.45, 7) is 5.09. The topological polar surface area (TPSA) is 34.2 Å². The van der Waals surface area contributed by atoms with Crippen LogP contribution in [0, 0.1) is 0 Å². The Morgan fingerprint density at radius 2 is 1.77 bits per heavy atom. The summed E-state index contributed by atoms with van der Waals surface area (Å²) in [4.78, 5) is 4.42. The number of piperazine rings is 1. The van der Waals surface area contributed by atoms with Crippen LogP contribution in [0.5, 0.6) is 17.2 Å². The number of benzene rings is 2. The van der Waals surface area contributed by atoms with E-state index >= 15 is 0 Å². The van der Waals surface area contributed by atoms with E-state index in [1.807, 2.05) is 18.2 Å². The molecule has 0 saturated carbocycles. The average molecular weight is 445 g/mol. The van der Waals surface area contributed by atoms with Crippen molar-refractivity contribution in [2.45, 2.75) is 25.9 Å². The first-order chi connectivity index (χ1) is 14.2. The fourth-order valence-electron chi connectivity index (χ4n) is 3.69. The van der Waals surface area contributed by atoms with Gasteiger partial charge in [0.15, 0.2) is 11.5 Å². The van der Waals surface area contributed by atoms with Crippen LogP contribution in [0.15, 0.2) is 36.4 Å². The van der Waals surface area contributed by atoms with Crippen LogP contribution in [-0.4, -0.2) is 51.2 Å². The van der Waals surface area contributed by atoms with Crippen LogP contribution in [0.3, 0.4) is 0 Å². The highest BCUT2D eigenvalue weighted by atomic mass is 35.5. The van der Waals surface area contributed by atoms with Gasteiger partial charge in [-0.05, 0) is 36.8 Å². The molecule has 9 heteroatoms. The number of rotatable bonds is 6. The van der Waals surface area contributed by atoms with Gasteiger partial charge < -0.3 is 19.1 Å². The molecule has 0 spiro atoms. The lowest BCUT2D eigenvalue weighted by molar-refractivity contribution is -0.274. The number of hydrogen-bond donors (Lipinski definition) is 0. The molecule has 0 aliphatic carbocycles. The van der Waals surface area contributed by atoms with E-state index in [4.69, 9.17) is 21.1 Å². The van der Waals surface area contributed by atoms with Crippen LogP contribution in [-0.2, 0) is 6.54 Å². The van der Waals surface area contributed by atoms with Gasteiger partial charge in [-0.1, -0.05) is 17.7 Å². The summed E-state index contributed by atoms with van der Waals surface area (Å²) in [5.74, 6) is 1.05. The molecule has 1 aliphatic heterocycles. The van der Waals surface area contributed by atoms with E-state index in [0.29, 0.717) is 23.7 Å². The van der Waals surface area contributed by atoms with Crippen molar-refractivity contribution in [3.63, 3.8) is 0 Å². The smallest absolute Gasteiger partial charge is 0.493 e. The lowest BCUT2D eigenvalue weighted by atomic mass is 10.1. The van der Waals surface area contributed by atoms with Gasteiger partial charge in [0.05, 0.1) is 24.9 Å². The van der Waals surface area contributed by atoms with Crippen LogP contribution in [0.4, 0.5) is 18.9 Å². The molecule has 3 rings (SSSR count). The Morgan fingerprint density at radius 3 is 2.37 bits per heavy atom. The van der Waals surface area contributed by atoms with E-state index < -0.39 is 6.36 Å². The van der Waals surface area contributed by atoms with Crippen molar-refractivity contribution in [1.29, 1.82) is 0 Å². The van der Waals surface area contributed by atoms with E-state index in [9.17, 15) is 13.2 Å². The fraction of sp³-hybridized carbons (Fsp3) is 0.429. The highest BCUT2D eigenvalue weighted by Crippen LogP contribution is 2.34. The van der Waals surface area contributed by atoms with E-state index in [0.717, 1.165) is 25.2 Å². The number of hydrogen-bond acceptors (Lipinski definition) is 5. The van der Waals surface area contributed by atoms with Gasteiger partial charge in [0.1, 0.15) is 5.75 Å². The summed E-state index contributed by atoms with van der Waals surface area (Å²) < 4.78 is 51.8. The fourth-order valence-corrected chi connectivity index (χ4v) is 3.97. The molecule has 164 valence electrons. The van der Waals surface area contributed by atoms with Crippen LogP contribution >= 0.6 is 11.6 Å². The Bertz CT molecular complexity index is 879. The lowest BCUT2D eigenvalue weighted by Gasteiger charge is -2.41. The maximum Gasteiger partial charge on any atom is 0.573 e. The normalized spacial score (nSPS) is 17.7. The third-order valence-electron chi connectivity index (χ3n) is 5.03. The predicted octanol–water partition coefficient (Wildman–Crippen LogP) is 4.97. The van der Waals surface area contributed by atoms with Gasteiger partial charge >= 0.3 is 6.36 Å². The van der Waals surface area contributed by atoms with Gasteiger partial charge in [0.25, 0.3) is 0 Å². The zero-order chi connectivity index (χ0) is 21.9. The Morgan fingerprint density at radius 1 is 1.03 bits per heavy atom. The van der Waals surface area contributed by atoms with Gasteiger partial charge in [-0.2, -0.15) is 0 Å². The quantitative estimate of drug-likeness (QED) is 0.628. The average Bonchev–Trinajstić information content (AvgIpc) is 2.67. The molecule has 0 N–H and O–H groups in total. The van der Waals surface area contributed by atoms with Gasteiger partial charge in [-0.15, -0.1) is 13.2 Å². The van der Waals surface area contributed by atoms with Crippen LogP contribution in [0.25, 0.3) is 0 Å². The summed E-state index contributed by atoms with van der Waals surface area (Å²) in [5, 5.41) is 0.233. The van der Waals surface area contributed by atoms with Crippen molar-refractivity contribution < 1.29 is 27.4 Å². The third kappa shape index (κ3) is 5.43. The monoisotopic (exact) mass is 444 g/mol. The Kier molecular flexibility index (Phi) is 6.88. The summed E-state index contributed by atoms with van der Waals surface area (Å²) >= 11 is 6.26. The predicted molar refractivity (Wildman–Crippen MR) is 110 cm³/mol. The molecule has 0 bridgehead atoms. The molecule has 2 aromatic rings. The minimum Gasteiger partial charge on any atom is -0.493 e. The summed E-state index contributed by atoms with van der Waals surface area (Å²) in [5.41, 5.74) is 1.81. The lowest BCUT2D eigenvalue weighted by Crippen LogP contribution is -2.51. The first-order valence-corrected chi connectivity index (χ1v) is 9.83. The van der Waals surface area contributed by atoms with Crippen molar-refractivity contribution in [3.05, 3.63) is 47.0 Å². The second-order valence-electron chi connectivity index (χ2n) is 7.13. The second-order valence-corrected chi connectivity index (χ2v) is 7.54. The number of halogens is 4. The number of nitrogens with zero attached hydrogens (tertiary/aromatic N) is 2. The molecule has 5 nitrogen and oxygen atoms in total. The van der Waals surface area contributed by atoms with Crippen LogP contribution in [0.1, 0.15) is 12.5 Å². The van der Waals surface area contributed by atoms with Crippen molar-refractivity contribution in [2.75, 3.05) is 38.8 Å². The summed E-state index contributed by atoms with van der Waals surface area (Å²) in [6, 6.07) is 10.1. The third-order valence-corrected chi connectivity index (χ3v) is 5.33. The molecule has 1 atom stereocenters. The van der Waals surface area contributed by atoms with E-state index in [2.05, 4.69) is 21.5 Å². The minimum atomic E-state index is -4.74.